The van der Waals surface area contributed by atoms with Gasteiger partial charge in [-0.2, -0.15) is 0 Å². The van der Waals surface area contributed by atoms with E-state index < -0.39 is 0 Å². The van der Waals surface area contributed by atoms with E-state index in [1.165, 1.54) is 5.56 Å². The molecule has 0 bridgehead atoms. The lowest BCUT2D eigenvalue weighted by atomic mass is 10.1. The molecule has 0 saturated carbocycles. The summed E-state index contributed by atoms with van der Waals surface area (Å²) in [6.07, 6.45) is 0. The molecule has 88 valence electrons. The molecule has 1 unspecified atom stereocenters. The average Bonchev–Trinajstić information content (AvgIpc) is 2.46. The Hall–Kier alpha value is -1.06. The standard InChI is InChI=1S/C13H20N2O/c1-11-8-14-6-7-15(9-11)10-12-2-4-13(16)5-3-12/h2-5,11,14,16H,6-10H2,1H3. The Morgan fingerprint density at radius 1 is 1.38 bits per heavy atom. The second-order valence-electron chi connectivity index (χ2n) is 4.71. The number of nitrogens with zero attached hydrogens (tertiary/aromatic N) is 1. The third kappa shape index (κ3) is 3.22. The summed E-state index contributed by atoms with van der Waals surface area (Å²) in [6, 6.07) is 7.51. The van der Waals surface area contributed by atoms with Crippen LogP contribution in [0.5, 0.6) is 5.75 Å². The number of benzene rings is 1. The minimum Gasteiger partial charge on any atom is -0.508 e. The summed E-state index contributed by atoms with van der Waals surface area (Å²) in [5.41, 5.74) is 1.27. The number of rotatable bonds is 2. The van der Waals surface area contributed by atoms with E-state index in [0.29, 0.717) is 11.7 Å². The fraction of sp³-hybridized carbons (Fsp3) is 0.538. The van der Waals surface area contributed by atoms with Gasteiger partial charge in [0.1, 0.15) is 5.75 Å². The first kappa shape index (κ1) is 11.4. The molecule has 1 saturated heterocycles. The van der Waals surface area contributed by atoms with Gasteiger partial charge in [0, 0.05) is 26.2 Å². The van der Waals surface area contributed by atoms with Crippen LogP contribution in [0.25, 0.3) is 0 Å². The van der Waals surface area contributed by atoms with Crippen molar-refractivity contribution < 1.29 is 5.11 Å². The molecule has 0 aromatic heterocycles. The molecule has 0 aliphatic carbocycles. The number of phenolic OH excluding ortho intramolecular Hbond substituents is 1. The molecule has 0 spiro atoms. The van der Waals surface area contributed by atoms with E-state index >= 15 is 0 Å². The molecule has 1 aromatic carbocycles. The molecule has 2 N–H and O–H groups in total. The van der Waals surface area contributed by atoms with Gasteiger partial charge in [0.2, 0.25) is 0 Å². The number of phenols is 1. The molecule has 3 nitrogen and oxygen atoms in total. The molecule has 2 rings (SSSR count). The molecule has 16 heavy (non-hydrogen) atoms. The maximum Gasteiger partial charge on any atom is 0.115 e. The zero-order valence-corrected chi connectivity index (χ0v) is 9.82. The first-order valence-electron chi connectivity index (χ1n) is 5.95. The summed E-state index contributed by atoms with van der Waals surface area (Å²) in [5.74, 6) is 1.05. The van der Waals surface area contributed by atoms with Crippen LogP contribution in [-0.2, 0) is 6.54 Å². The van der Waals surface area contributed by atoms with E-state index in [0.717, 1.165) is 32.7 Å². The van der Waals surface area contributed by atoms with E-state index in [-0.39, 0.29) is 0 Å². The van der Waals surface area contributed by atoms with E-state index in [1.807, 2.05) is 12.1 Å². The van der Waals surface area contributed by atoms with Gasteiger partial charge in [-0.15, -0.1) is 0 Å². The van der Waals surface area contributed by atoms with E-state index in [1.54, 1.807) is 12.1 Å². The molecule has 3 heteroatoms. The van der Waals surface area contributed by atoms with Crippen molar-refractivity contribution in [1.82, 2.24) is 10.2 Å². The molecule has 1 heterocycles. The summed E-state index contributed by atoms with van der Waals surface area (Å²) in [7, 11) is 0. The first-order valence-corrected chi connectivity index (χ1v) is 5.95. The van der Waals surface area contributed by atoms with Crippen LogP contribution in [0.15, 0.2) is 24.3 Å². The van der Waals surface area contributed by atoms with Gasteiger partial charge in [0.25, 0.3) is 0 Å². The van der Waals surface area contributed by atoms with Crippen molar-refractivity contribution in [1.29, 1.82) is 0 Å². The van der Waals surface area contributed by atoms with Gasteiger partial charge in [-0.1, -0.05) is 19.1 Å². The van der Waals surface area contributed by atoms with E-state index in [9.17, 15) is 5.11 Å². The summed E-state index contributed by atoms with van der Waals surface area (Å²) in [6.45, 7) is 7.70. The van der Waals surface area contributed by atoms with Crippen LogP contribution in [-0.4, -0.2) is 36.2 Å². The van der Waals surface area contributed by atoms with E-state index in [2.05, 4.69) is 17.1 Å². The summed E-state index contributed by atoms with van der Waals surface area (Å²) in [4.78, 5) is 2.47. The van der Waals surface area contributed by atoms with E-state index in [4.69, 9.17) is 0 Å². The minimum absolute atomic E-state index is 0.342. The third-order valence-electron chi connectivity index (χ3n) is 3.01. The monoisotopic (exact) mass is 220 g/mol. The highest BCUT2D eigenvalue weighted by Gasteiger charge is 2.14. The maximum absolute atomic E-state index is 9.23. The number of aromatic hydroxyl groups is 1. The largest absolute Gasteiger partial charge is 0.508 e. The molecule has 1 aliphatic heterocycles. The number of nitrogens with one attached hydrogen (secondary N) is 1. The zero-order chi connectivity index (χ0) is 11.4. The van der Waals surface area contributed by atoms with Crippen molar-refractivity contribution in [2.75, 3.05) is 26.2 Å². The SMILES string of the molecule is CC1CNCCN(Cc2ccc(O)cc2)C1. The van der Waals surface area contributed by atoms with Crippen molar-refractivity contribution in [3.8, 4) is 5.75 Å². The smallest absolute Gasteiger partial charge is 0.115 e. The summed E-state index contributed by atoms with van der Waals surface area (Å²) in [5, 5.41) is 12.7. The molecule has 1 aliphatic rings. The minimum atomic E-state index is 0.342. The third-order valence-corrected chi connectivity index (χ3v) is 3.01. The lowest BCUT2D eigenvalue weighted by molar-refractivity contribution is 0.256. The fourth-order valence-electron chi connectivity index (χ4n) is 2.19. The lowest BCUT2D eigenvalue weighted by Gasteiger charge is -2.21. The Balaban J connectivity index is 1.95. The molecular formula is C13H20N2O. The van der Waals surface area contributed by atoms with Crippen molar-refractivity contribution in [2.45, 2.75) is 13.5 Å². The second kappa shape index (κ2) is 5.32. The van der Waals surface area contributed by atoms with Crippen LogP contribution in [0.2, 0.25) is 0 Å². The highest BCUT2D eigenvalue weighted by molar-refractivity contribution is 5.25. The zero-order valence-electron chi connectivity index (χ0n) is 9.82. The first-order chi connectivity index (χ1) is 7.74. The fourth-order valence-corrected chi connectivity index (χ4v) is 2.19. The van der Waals surface area contributed by atoms with Crippen molar-refractivity contribution in [3.05, 3.63) is 29.8 Å². The predicted molar refractivity (Wildman–Crippen MR) is 65.4 cm³/mol. The summed E-state index contributed by atoms with van der Waals surface area (Å²) < 4.78 is 0. The lowest BCUT2D eigenvalue weighted by Crippen LogP contribution is -2.28. The molecule has 0 radical (unpaired) electrons. The van der Waals surface area contributed by atoms with Gasteiger partial charge in [-0.05, 0) is 30.2 Å². The Morgan fingerprint density at radius 2 is 2.12 bits per heavy atom. The van der Waals surface area contributed by atoms with Crippen LogP contribution in [0, 0.1) is 5.92 Å². The van der Waals surface area contributed by atoms with Crippen LogP contribution < -0.4 is 5.32 Å². The highest BCUT2D eigenvalue weighted by Crippen LogP contribution is 2.13. The van der Waals surface area contributed by atoms with Crippen LogP contribution in [0.3, 0.4) is 0 Å². The van der Waals surface area contributed by atoms with Gasteiger partial charge in [-0.3, -0.25) is 4.90 Å². The molecule has 1 aromatic rings. The van der Waals surface area contributed by atoms with Crippen LogP contribution in [0.4, 0.5) is 0 Å². The maximum atomic E-state index is 9.23. The Bertz CT molecular complexity index is 323. The van der Waals surface area contributed by atoms with Gasteiger partial charge in [0.05, 0.1) is 0 Å². The van der Waals surface area contributed by atoms with Crippen molar-refractivity contribution >= 4 is 0 Å². The second-order valence-corrected chi connectivity index (χ2v) is 4.71. The topological polar surface area (TPSA) is 35.5 Å². The predicted octanol–water partition coefficient (Wildman–Crippen LogP) is 1.43. The Labute approximate surface area is 97.1 Å². The normalized spacial score (nSPS) is 22.9. The molecule has 0 amide bonds. The van der Waals surface area contributed by atoms with Crippen molar-refractivity contribution in [2.24, 2.45) is 5.92 Å². The number of hydrogen-bond donors (Lipinski definition) is 2. The molecular weight excluding hydrogens is 200 g/mol. The van der Waals surface area contributed by atoms with Gasteiger partial charge in [-0.25, -0.2) is 0 Å². The van der Waals surface area contributed by atoms with Gasteiger partial charge >= 0.3 is 0 Å². The Morgan fingerprint density at radius 3 is 2.88 bits per heavy atom. The van der Waals surface area contributed by atoms with Crippen LogP contribution >= 0.6 is 0 Å². The van der Waals surface area contributed by atoms with Crippen LogP contribution in [0.1, 0.15) is 12.5 Å². The quantitative estimate of drug-likeness (QED) is 0.791. The Kier molecular flexibility index (Phi) is 3.80. The highest BCUT2D eigenvalue weighted by atomic mass is 16.3. The average molecular weight is 220 g/mol. The van der Waals surface area contributed by atoms with Crippen molar-refractivity contribution in [3.63, 3.8) is 0 Å². The molecule has 1 fully saturated rings. The summed E-state index contributed by atoms with van der Waals surface area (Å²) >= 11 is 0. The number of hydrogen-bond acceptors (Lipinski definition) is 3. The van der Waals surface area contributed by atoms with Gasteiger partial charge < -0.3 is 10.4 Å². The van der Waals surface area contributed by atoms with Gasteiger partial charge in [0.15, 0.2) is 0 Å². The molecule has 1 atom stereocenters.